The minimum atomic E-state index is -0.476. The van der Waals surface area contributed by atoms with Gasteiger partial charge in [-0.1, -0.05) is 78.9 Å². The number of hydrogen-bond acceptors (Lipinski definition) is 3. The lowest BCUT2D eigenvalue weighted by Crippen LogP contribution is -2.29. The quantitative estimate of drug-likeness (QED) is 0.324. The summed E-state index contributed by atoms with van der Waals surface area (Å²) in [4.78, 5) is 27.8. The van der Waals surface area contributed by atoms with Crippen LogP contribution in [0.5, 0.6) is 0 Å². The minimum Gasteiger partial charge on any atom is -0.325 e. The van der Waals surface area contributed by atoms with E-state index in [9.17, 15) is 14.0 Å². The van der Waals surface area contributed by atoms with Gasteiger partial charge in [0.25, 0.3) is 0 Å². The highest BCUT2D eigenvalue weighted by atomic mass is 32.2. The first-order valence-electron chi connectivity index (χ1n) is 11.7. The second-order valence-corrected chi connectivity index (χ2v) is 9.82. The zero-order chi connectivity index (χ0) is 25.1. The normalized spacial score (nSPS) is 15.4. The van der Waals surface area contributed by atoms with Gasteiger partial charge >= 0.3 is 0 Å². The predicted molar refractivity (Wildman–Crippen MR) is 144 cm³/mol. The van der Waals surface area contributed by atoms with E-state index in [0.717, 1.165) is 22.3 Å². The van der Waals surface area contributed by atoms with Crippen LogP contribution >= 0.6 is 11.8 Å². The molecule has 1 aliphatic heterocycles. The van der Waals surface area contributed by atoms with Crippen molar-refractivity contribution >= 4 is 35.0 Å². The predicted octanol–water partition coefficient (Wildman–Crippen LogP) is 6.68. The summed E-state index contributed by atoms with van der Waals surface area (Å²) in [5, 5.41) is 2.68. The molecule has 6 heteroatoms. The molecule has 0 bridgehead atoms. The van der Waals surface area contributed by atoms with Crippen molar-refractivity contribution in [2.75, 3.05) is 16.0 Å². The molecule has 0 saturated carbocycles. The largest absolute Gasteiger partial charge is 0.325 e. The van der Waals surface area contributed by atoms with Gasteiger partial charge in [0, 0.05) is 5.69 Å². The molecule has 0 radical (unpaired) electrons. The molecule has 0 spiro atoms. The highest BCUT2D eigenvalue weighted by Gasteiger charge is 2.35. The highest BCUT2D eigenvalue weighted by Crippen LogP contribution is 2.43. The van der Waals surface area contributed by atoms with E-state index in [0.29, 0.717) is 5.69 Å². The summed E-state index contributed by atoms with van der Waals surface area (Å²) in [6, 6.07) is 31.5. The van der Waals surface area contributed by atoms with Crippen LogP contribution in [0.15, 0.2) is 103 Å². The number of benzene rings is 4. The van der Waals surface area contributed by atoms with Gasteiger partial charge in [-0.05, 0) is 53.4 Å². The van der Waals surface area contributed by atoms with Crippen LogP contribution in [-0.2, 0) is 9.59 Å². The molecule has 1 N–H and O–H groups in total. The standard InChI is InChI=1S/C30H25FN2O2S/c1-20-15-16-25(31)26(17-20)33-27(34)19-36-30(33)23-13-8-14-24(18-23)32-29(35)28(21-9-4-2-5-10-21)22-11-6-3-7-12-22/h2-18,28,30H,19H2,1H3,(H,32,35). The van der Waals surface area contributed by atoms with Crippen LogP contribution in [0.25, 0.3) is 0 Å². The lowest BCUT2D eigenvalue weighted by Gasteiger charge is -2.25. The van der Waals surface area contributed by atoms with Crippen LogP contribution in [0.4, 0.5) is 15.8 Å². The van der Waals surface area contributed by atoms with E-state index in [1.165, 1.54) is 22.7 Å². The van der Waals surface area contributed by atoms with Crippen LogP contribution in [-0.4, -0.2) is 17.6 Å². The number of anilines is 2. The molecule has 4 nitrogen and oxygen atoms in total. The van der Waals surface area contributed by atoms with Crippen molar-refractivity contribution in [3.63, 3.8) is 0 Å². The molecule has 4 aromatic rings. The molecule has 1 atom stereocenters. The van der Waals surface area contributed by atoms with Gasteiger partial charge in [-0.15, -0.1) is 11.8 Å². The molecule has 0 aliphatic carbocycles. The summed E-state index contributed by atoms with van der Waals surface area (Å²) in [6.45, 7) is 1.87. The van der Waals surface area contributed by atoms with E-state index >= 15 is 0 Å². The number of amides is 2. The second-order valence-electron chi connectivity index (χ2n) is 8.75. The molecule has 180 valence electrons. The maximum atomic E-state index is 14.7. The third kappa shape index (κ3) is 4.90. The number of aryl methyl sites for hydroxylation is 1. The molecule has 1 saturated heterocycles. The number of nitrogens with zero attached hydrogens (tertiary/aromatic N) is 1. The average molecular weight is 497 g/mol. The first-order chi connectivity index (χ1) is 17.5. The maximum Gasteiger partial charge on any atom is 0.238 e. The topological polar surface area (TPSA) is 49.4 Å². The Morgan fingerprint density at radius 2 is 1.58 bits per heavy atom. The fraction of sp³-hybridized carbons (Fsp3) is 0.133. The molecular formula is C30H25FN2O2S. The molecule has 2 amide bonds. The number of carbonyl (C=O) groups is 2. The zero-order valence-corrected chi connectivity index (χ0v) is 20.5. The Kier molecular flexibility index (Phi) is 6.87. The molecule has 0 aromatic heterocycles. The van der Waals surface area contributed by atoms with Crippen molar-refractivity contribution in [3.05, 3.63) is 131 Å². The molecule has 1 aliphatic rings. The van der Waals surface area contributed by atoms with Crippen LogP contribution in [0.2, 0.25) is 0 Å². The molecule has 1 fully saturated rings. The van der Waals surface area contributed by atoms with Crippen LogP contribution < -0.4 is 10.2 Å². The Hall–Kier alpha value is -3.90. The number of hydrogen-bond donors (Lipinski definition) is 1. The number of thioether (sulfide) groups is 1. The molecule has 1 unspecified atom stereocenters. The lowest BCUT2D eigenvalue weighted by molar-refractivity contribution is -0.117. The van der Waals surface area contributed by atoms with E-state index in [1.807, 2.05) is 91.9 Å². The summed E-state index contributed by atoms with van der Waals surface area (Å²) in [6.07, 6.45) is 0. The highest BCUT2D eigenvalue weighted by molar-refractivity contribution is 8.00. The van der Waals surface area contributed by atoms with Gasteiger partial charge in [0.15, 0.2) is 0 Å². The van der Waals surface area contributed by atoms with E-state index in [-0.39, 0.29) is 28.6 Å². The van der Waals surface area contributed by atoms with Gasteiger partial charge in [-0.3, -0.25) is 14.5 Å². The van der Waals surface area contributed by atoms with Crippen molar-refractivity contribution in [1.29, 1.82) is 0 Å². The Balaban J connectivity index is 1.44. The second kappa shape index (κ2) is 10.4. The van der Waals surface area contributed by atoms with Gasteiger partial charge < -0.3 is 5.32 Å². The Morgan fingerprint density at radius 1 is 0.917 bits per heavy atom. The molecule has 5 rings (SSSR count). The van der Waals surface area contributed by atoms with E-state index in [4.69, 9.17) is 0 Å². The Labute approximate surface area is 214 Å². The molecular weight excluding hydrogens is 471 g/mol. The van der Waals surface area contributed by atoms with Crippen LogP contribution in [0, 0.1) is 12.7 Å². The summed E-state index contributed by atoms with van der Waals surface area (Å²) in [7, 11) is 0. The fourth-order valence-electron chi connectivity index (χ4n) is 4.51. The summed E-state index contributed by atoms with van der Waals surface area (Å²) < 4.78 is 14.7. The number of nitrogens with one attached hydrogen (secondary N) is 1. The lowest BCUT2D eigenvalue weighted by atomic mass is 9.90. The van der Waals surface area contributed by atoms with E-state index < -0.39 is 11.7 Å². The molecule has 4 aromatic carbocycles. The molecule has 1 heterocycles. The van der Waals surface area contributed by atoms with Crippen LogP contribution in [0.1, 0.15) is 33.5 Å². The van der Waals surface area contributed by atoms with E-state index in [1.54, 1.807) is 12.1 Å². The maximum absolute atomic E-state index is 14.7. The SMILES string of the molecule is Cc1ccc(F)c(N2C(=O)CSC2c2cccc(NC(=O)C(c3ccccc3)c3ccccc3)c2)c1. The monoisotopic (exact) mass is 496 g/mol. The van der Waals surface area contributed by atoms with Gasteiger partial charge in [0.2, 0.25) is 11.8 Å². The van der Waals surface area contributed by atoms with Gasteiger partial charge in [0.1, 0.15) is 11.2 Å². The summed E-state index contributed by atoms with van der Waals surface area (Å²) in [5.74, 6) is -0.937. The van der Waals surface area contributed by atoms with Gasteiger partial charge in [0.05, 0.1) is 17.4 Å². The Morgan fingerprint density at radius 3 is 2.25 bits per heavy atom. The van der Waals surface area contributed by atoms with E-state index in [2.05, 4.69) is 5.32 Å². The average Bonchev–Trinajstić information content (AvgIpc) is 3.28. The third-order valence-corrected chi connectivity index (χ3v) is 7.41. The summed E-state index contributed by atoms with van der Waals surface area (Å²) in [5.41, 5.74) is 4.40. The van der Waals surface area contributed by atoms with Crippen molar-refractivity contribution in [2.24, 2.45) is 0 Å². The first-order valence-corrected chi connectivity index (χ1v) is 12.8. The minimum absolute atomic E-state index is 0.142. The Bertz CT molecular complexity index is 1360. The summed E-state index contributed by atoms with van der Waals surface area (Å²) >= 11 is 1.45. The van der Waals surface area contributed by atoms with Crippen molar-refractivity contribution in [3.8, 4) is 0 Å². The number of carbonyl (C=O) groups excluding carboxylic acids is 2. The number of halogens is 1. The fourth-order valence-corrected chi connectivity index (χ4v) is 5.67. The smallest absolute Gasteiger partial charge is 0.238 e. The van der Waals surface area contributed by atoms with Gasteiger partial charge in [-0.25, -0.2) is 4.39 Å². The first kappa shape index (κ1) is 23.8. The number of rotatable bonds is 6. The van der Waals surface area contributed by atoms with Crippen LogP contribution in [0.3, 0.4) is 0 Å². The van der Waals surface area contributed by atoms with Gasteiger partial charge in [-0.2, -0.15) is 0 Å². The third-order valence-electron chi connectivity index (χ3n) is 6.20. The van der Waals surface area contributed by atoms with Crippen molar-refractivity contribution in [2.45, 2.75) is 18.2 Å². The zero-order valence-electron chi connectivity index (χ0n) is 19.7. The molecule has 36 heavy (non-hydrogen) atoms. The van der Waals surface area contributed by atoms with Crippen molar-refractivity contribution < 1.29 is 14.0 Å². The van der Waals surface area contributed by atoms with Crippen molar-refractivity contribution in [1.82, 2.24) is 0 Å².